The van der Waals surface area contributed by atoms with Crippen molar-refractivity contribution < 1.29 is 19.7 Å². The summed E-state index contributed by atoms with van der Waals surface area (Å²) in [4.78, 5) is 14.6. The van der Waals surface area contributed by atoms with Crippen LogP contribution in [0.1, 0.15) is 25.3 Å². The van der Waals surface area contributed by atoms with Crippen molar-refractivity contribution in [2.24, 2.45) is 0 Å². The van der Waals surface area contributed by atoms with Gasteiger partial charge in [0.2, 0.25) is 0 Å². The first-order valence-corrected chi connectivity index (χ1v) is 8.12. The van der Waals surface area contributed by atoms with E-state index in [1.165, 1.54) is 0 Å². The maximum Gasteiger partial charge on any atom is 0.343 e. The molecule has 0 bridgehead atoms. The molecule has 1 aromatic carbocycles. The number of aliphatic hydroxyl groups excluding tert-OH is 1. The van der Waals surface area contributed by atoms with E-state index in [0.717, 1.165) is 25.1 Å². The number of carbonyl (C=O) groups is 1. The summed E-state index contributed by atoms with van der Waals surface area (Å²) in [5.41, 5.74) is -0.167. The monoisotopic (exact) mass is 317 g/mol. The van der Waals surface area contributed by atoms with E-state index >= 15 is 0 Å². The molecule has 0 saturated carbocycles. The van der Waals surface area contributed by atoms with Crippen LogP contribution < -0.4 is 0 Å². The standard InChI is InChI=1S/C18H23NO4/c1-2-18(22,14-6-4-3-5-7-14)17(21)23-12-13-8-10-19-11-9-15(20)16(13)19/h3-8,15-16,20,22H,2,9-12H2,1H3. The first kappa shape index (κ1) is 16.2. The summed E-state index contributed by atoms with van der Waals surface area (Å²) in [7, 11) is 0. The Bertz CT molecular complexity index is 600. The highest BCUT2D eigenvalue weighted by atomic mass is 16.5. The molecule has 2 aliphatic rings. The number of esters is 1. The van der Waals surface area contributed by atoms with Gasteiger partial charge in [-0.05, 0) is 24.0 Å². The van der Waals surface area contributed by atoms with Gasteiger partial charge in [-0.15, -0.1) is 0 Å². The summed E-state index contributed by atoms with van der Waals surface area (Å²) < 4.78 is 5.40. The molecule has 0 aromatic heterocycles. The second kappa shape index (κ2) is 6.43. The first-order valence-electron chi connectivity index (χ1n) is 8.12. The number of fused-ring (bicyclic) bond motifs is 1. The third-order valence-corrected chi connectivity index (χ3v) is 4.91. The quantitative estimate of drug-likeness (QED) is 0.631. The van der Waals surface area contributed by atoms with Crippen LogP contribution in [0.3, 0.4) is 0 Å². The number of aliphatic hydroxyl groups is 2. The lowest BCUT2D eigenvalue weighted by atomic mass is 9.91. The first-order chi connectivity index (χ1) is 11.1. The van der Waals surface area contributed by atoms with Gasteiger partial charge in [-0.3, -0.25) is 4.90 Å². The van der Waals surface area contributed by atoms with Crippen molar-refractivity contribution in [1.82, 2.24) is 4.90 Å². The predicted octanol–water partition coefficient (Wildman–Crippen LogP) is 1.20. The summed E-state index contributed by atoms with van der Waals surface area (Å²) in [6, 6.07) is 8.81. The second-order valence-corrected chi connectivity index (χ2v) is 6.23. The number of nitrogens with zero attached hydrogens (tertiary/aromatic N) is 1. The molecule has 3 unspecified atom stereocenters. The zero-order valence-corrected chi connectivity index (χ0v) is 13.3. The summed E-state index contributed by atoms with van der Waals surface area (Å²) in [6.07, 6.45) is 2.60. The fourth-order valence-electron chi connectivity index (χ4n) is 3.47. The number of rotatable bonds is 5. The third kappa shape index (κ3) is 2.92. The van der Waals surface area contributed by atoms with E-state index in [4.69, 9.17) is 4.74 Å². The van der Waals surface area contributed by atoms with Crippen molar-refractivity contribution in [2.45, 2.75) is 37.5 Å². The van der Waals surface area contributed by atoms with Gasteiger partial charge in [0.1, 0.15) is 6.61 Å². The zero-order valence-electron chi connectivity index (χ0n) is 13.3. The lowest BCUT2D eigenvalue weighted by molar-refractivity contribution is -0.166. The van der Waals surface area contributed by atoms with Crippen molar-refractivity contribution in [3.8, 4) is 0 Å². The largest absolute Gasteiger partial charge is 0.459 e. The Morgan fingerprint density at radius 3 is 2.83 bits per heavy atom. The number of hydrogen-bond acceptors (Lipinski definition) is 5. The van der Waals surface area contributed by atoms with Gasteiger partial charge in [0.25, 0.3) is 0 Å². The normalized spacial score (nSPS) is 26.5. The smallest absolute Gasteiger partial charge is 0.343 e. The Morgan fingerprint density at radius 2 is 2.13 bits per heavy atom. The van der Waals surface area contributed by atoms with E-state index in [2.05, 4.69) is 4.90 Å². The minimum Gasteiger partial charge on any atom is -0.459 e. The highest BCUT2D eigenvalue weighted by molar-refractivity contribution is 5.81. The average molecular weight is 317 g/mol. The van der Waals surface area contributed by atoms with Gasteiger partial charge in [-0.2, -0.15) is 0 Å². The van der Waals surface area contributed by atoms with Crippen LogP contribution in [0.25, 0.3) is 0 Å². The molecule has 0 radical (unpaired) electrons. The maximum atomic E-state index is 12.5. The van der Waals surface area contributed by atoms with Crippen LogP contribution >= 0.6 is 0 Å². The predicted molar refractivity (Wildman–Crippen MR) is 85.7 cm³/mol. The molecular weight excluding hydrogens is 294 g/mol. The van der Waals surface area contributed by atoms with Gasteiger partial charge in [0.05, 0.1) is 12.1 Å². The Morgan fingerprint density at radius 1 is 1.39 bits per heavy atom. The van der Waals surface area contributed by atoms with E-state index in [-0.39, 0.29) is 19.1 Å². The van der Waals surface area contributed by atoms with E-state index in [9.17, 15) is 15.0 Å². The molecule has 0 spiro atoms. The molecular formula is C18H23NO4. The summed E-state index contributed by atoms with van der Waals surface area (Å²) in [6.45, 7) is 3.52. The summed E-state index contributed by atoms with van der Waals surface area (Å²) >= 11 is 0. The molecule has 23 heavy (non-hydrogen) atoms. The third-order valence-electron chi connectivity index (χ3n) is 4.91. The van der Waals surface area contributed by atoms with Crippen LogP contribution in [-0.2, 0) is 15.1 Å². The zero-order chi connectivity index (χ0) is 16.4. The SMILES string of the molecule is CCC(O)(C(=O)OCC1=CCN2CCC(O)C12)c1ccccc1. The van der Waals surface area contributed by atoms with E-state index in [1.54, 1.807) is 31.2 Å². The Labute approximate surface area is 136 Å². The molecule has 1 aromatic rings. The molecule has 0 amide bonds. The lowest BCUT2D eigenvalue weighted by Gasteiger charge is -2.26. The molecule has 2 aliphatic heterocycles. The fraction of sp³-hybridized carbons (Fsp3) is 0.500. The van der Waals surface area contributed by atoms with Gasteiger partial charge in [0, 0.05) is 13.1 Å². The number of hydrogen-bond donors (Lipinski definition) is 2. The molecule has 3 rings (SSSR count). The van der Waals surface area contributed by atoms with Crippen molar-refractivity contribution in [3.63, 3.8) is 0 Å². The highest BCUT2D eigenvalue weighted by Gasteiger charge is 2.41. The molecule has 5 nitrogen and oxygen atoms in total. The maximum absolute atomic E-state index is 12.5. The Hall–Kier alpha value is -1.69. The molecule has 2 heterocycles. The van der Waals surface area contributed by atoms with Crippen molar-refractivity contribution in [2.75, 3.05) is 19.7 Å². The average Bonchev–Trinajstić information content (AvgIpc) is 3.16. The van der Waals surface area contributed by atoms with E-state index < -0.39 is 17.7 Å². The molecule has 2 N–H and O–H groups in total. The van der Waals surface area contributed by atoms with Crippen molar-refractivity contribution >= 4 is 5.97 Å². The van der Waals surface area contributed by atoms with Gasteiger partial charge in [0.15, 0.2) is 5.60 Å². The lowest BCUT2D eigenvalue weighted by Crippen LogP contribution is -2.38. The molecule has 124 valence electrons. The fourth-order valence-corrected chi connectivity index (χ4v) is 3.47. The number of benzene rings is 1. The minimum atomic E-state index is -1.63. The van der Waals surface area contributed by atoms with Crippen molar-refractivity contribution in [3.05, 3.63) is 47.5 Å². The summed E-state index contributed by atoms with van der Waals surface area (Å²) in [5.74, 6) is -0.641. The van der Waals surface area contributed by atoms with Gasteiger partial charge >= 0.3 is 5.97 Å². The van der Waals surface area contributed by atoms with Crippen molar-refractivity contribution in [1.29, 1.82) is 0 Å². The van der Waals surface area contributed by atoms with E-state index in [1.807, 2.05) is 12.1 Å². The second-order valence-electron chi connectivity index (χ2n) is 6.23. The van der Waals surface area contributed by atoms with Crippen LogP contribution in [0.5, 0.6) is 0 Å². The number of carbonyl (C=O) groups excluding carboxylic acids is 1. The van der Waals surface area contributed by atoms with Gasteiger partial charge in [-0.1, -0.05) is 43.3 Å². The van der Waals surface area contributed by atoms with Gasteiger partial charge in [-0.25, -0.2) is 4.79 Å². The topological polar surface area (TPSA) is 70.0 Å². The van der Waals surface area contributed by atoms with Crippen LogP contribution in [0.4, 0.5) is 0 Å². The molecule has 1 fully saturated rings. The van der Waals surface area contributed by atoms with Crippen LogP contribution in [0, 0.1) is 0 Å². The van der Waals surface area contributed by atoms with Crippen LogP contribution in [0.15, 0.2) is 42.0 Å². The minimum absolute atomic E-state index is 0.0470. The molecule has 1 saturated heterocycles. The number of ether oxygens (including phenoxy) is 1. The Kier molecular flexibility index (Phi) is 4.53. The van der Waals surface area contributed by atoms with E-state index in [0.29, 0.717) is 5.56 Å². The van der Waals surface area contributed by atoms with Crippen LogP contribution in [0.2, 0.25) is 0 Å². The Balaban J connectivity index is 1.67. The molecule has 3 atom stereocenters. The van der Waals surface area contributed by atoms with Crippen LogP contribution in [-0.4, -0.2) is 52.9 Å². The van der Waals surface area contributed by atoms with Gasteiger partial charge < -0.3 is 14.9 Å². The summed E-state index contributed by atoms with van der Waals surface area (Å²) in [5, 5.41) is 20.8. The highest BCUT2D eigenvalue weighted by Crippen LogP contribution is 2.31. The molecule has 0 aliphatic carbocycles. The molecule has 5 heteroatoms.